The molecule has 0 saturated carbocycles. The fourth-order valence-corrected chi connectivity index (χ4v) is 2.92. The van der Waals surface area contributed by atoms with Gasteiger partial charge >= 0.3 is 5.97 Å². The van der Waals surface area contributed by atoms with E-state index >= 15 is 0 Å². The van der Waals surface area contributed by atoms with Gasteiger partial charge in [0.25, 0.3) is 0 Å². The highest BCUT2D eigenvalue weighted by Gasteiger charge is 2.09. The number of esters is 1. The molecule has 3 rings (SSSR count). The molecular weight excluding hydrogens is 298 g/mol. The minimum Gasteiger partial charge on any atom is -0.462 e. The lowest BCUT2D eigenvalue weighted by atomic mass is 10.0. The van der Waals surface area contributed by atoms with E-state index in [1.807, 2.05) is 25.1 Å². The standard InChI is InChI=1S/C21H23NO2/c1-4-24-21(23)19-7-5-6-16(12-19)14-22-11-10-18-13-17(15(2)3)8-9-20(18)22/h5-13,15H,4,14H2,1-3H3. The smallest absolute Gasteiger partial charge is 0.338 e. The molecule has 0 bridgehead atoms. The number of rotatable bonds is 5. The number of carbonyl (C=O) groups is 1. The van der Waals surface area contributed by atoms with Crippen LogP contribution in [0.25, 0.3) is 10.9 Å². The Hall–Kier alpha value is -2.55. The first-order chi connectivity index (χ1) is 11.6. The minimum atomic E-state index is -0.265. The predicted octanol–water partition coefficient (Wildman–Crippen LogP) is 4.99. The average Bonchev–Trinajstić information content (AvgIpc) is 2.97. The van der Waals surface area contributed by atoms with Gasteiger partial charge in [0.2, 0.25) is 0 Å². The number of nitrogens with zero attached hydrogens (tertiary/aromatic N) is 1. The van der Waals surface area contributed by atoms with E-state index in [0.717, 1.165) is 12.1 Å². The van der Waals surface area contributed by atoms with E-state index in [0.29, 0.717) is 18.1 Å². The average molecular weight is 321 g/mol. The van der Waals surface area contributed by atoms with Crippen molar-refractivity contribution in [3.8, 4) is 0 Å². The summed E-state index contributed by atoms with van der Waals surface area (Å²) >= 11 is 0. The largest absolute Gasteiger partial charge is 0.462 e. The summed E-state index contributed by atoms with van der Waals surface area (Å²) in [5, 5.41) is 1.25. The highest BCUT2D eigenvalue weighted by atomic mass is 16.5. The molecule has 0 aliphatic rings. The van der Waals surface area contributed by atoms with Crippen LogP contribution in [0.3, 0.4) is 0 Å². The first-order valence-corrected chi connectivity index (χ1v) is 8.43. The molecule has 1 aromatic heterocycles. The van der Waals surface area contributed by atoms with Crippen LogP contribution in [0.5, 0.6) is 0 Å². The second-order valence-corrected chi connectivity index (χ2v) is 6.34. The first-order valence-electron chi connectivity index (χ1n) is 8.43. The first kappa shape index (κ1) is 16.3. The molecule has 3 heteroatoms. The number of aromatic nitrogens is 1. The molecular formula is C21H23NO2. The van der Waals surface area contributed by atoms with Crippen LogP contribution in [-0.2, 0) is 11.3 Å². The highest BCUT2D eigenvalue weighted by Crippen LogP contribution is 2.23. The molecule has 0 radical (unpaired) electrons. The van der Waals surface area contributed by atoms with E-state index < -0.39 is 0 Å². The van der Waals surface area contributed by atoms with Crippen molar-refractivity contribution in [3.05, 3.63) is 71.4 Å². The zero-order valence-electron chi connectivity index (χ0n) is 14.5. The van der Waals surface area contributed by atoms with Gasteiger partial charge in [-0.2, -0.15) is 0 Å². The Morgan fingerprint density at radius 3 is 2.71 bits per heavy atom. The summed E-state index contributed by atoms with van der Waals surface area (Å²) in [7, 11) is 0. The molecule has 0 fully saturated rings. The molecule has 0 atom stereocenters. The number of fused-ring (bicyclic) bond motifs is 1. The number of carbonyl (C=O) groups excluding carboxylic acids is 1. The van der Waals surface area contributed by atoms with Gasteiger partial charge in [-0.25, -0.2) is 4.79 Å². The third kappa shape index (κ3) is 3.35. The summed E-state index contributed by atoms with van der Waals surface area (Å²) in [6.45, 7) is 7.36. The van der Waals surface area contributed by atoms with Crippen molar-refractivity contribution < 1.29 is 9.53 Å². The second-order valence-electron chi connectivity index (χ2n) is 6.34. The molecule has 124 valence electrons. The van der Waals surface area contributed by atoms with Gasteiger partial charge in [0.05, 0.1) is 12.2 Å². The fraction of sp³-hybridized carbons (Fsp3) is 0.286. The quantitative estimate of drug-likeness (QED) is 0.620. The third-order valence-electron chi connectivity index (χ3n) is 4.25. The molecule has 0 aliphatic heterocycles. The maximum absolute atomic E-state index is 11.9. The molecule has 0 N–H and O–H groups in total. The molecule has 0 unspecified atom stereocenters. The zero-order chi connectivity index (χ0) is 17.1. The topological polar surface area (TPSA) is 31.2 Å². The van der Waals surface area contributed by atoms with Crippen molar-refractivity contribution in [2.45, 2.75) is 33.2 Å². The lowest BCUT2D eigenvalue weighted by Gasteiger charge is -2.09. The minimum absolute atomic E-state index is 0.265. The van der Waals surface area contributed by atoms with E-state index in [-0.39, 0.29) is 5.97 Å². The van der Waals surface area contributed by atoms with Crippen molar-refractivity contribution in [1.29, 1.82) is 0 Å². The normalized spacial score (nSPS) is 11.2. The highest BCUT2D eigenvalue weighted by molar-refractivity contribution is 5.89. The Kier molecular flexibility index (Phi) is 4.70. The Bertz CT molecular complexity index is 861. The Labute approximate surface area is 142 Å². The van der Waals surface area contributed by atoms with Crippen molar-refractivity contribution in [1.82, 2.24) is 4.57 Å². The number of hydrogen-bond donors (Lipinski definition) is 0. The maximum Gasteiger partial charge on any atom is 0.338 e. The maximum atomic E-state index is 11.9. The van der Waals surface area contributed by atoms with E-state index in [2.05, 4.69) is 48.9 Å². The van der Waals surface area contributed by atoms with Gasteiger partial charge in [-0.3, -0.25) is 0 Å². The van der Waals surface area contributed by atoms with Crippen LogP contribution in [0, 0.1) is 0 Å². The van der Waals surface area contributed by atoms with Crippen LogP contribution < -0.4 is 0 Å². The summed E-state index contributed by atoms with van der Waals surface area (Å²) < 4.78 is 7.29. The fourth-order valence-electron chi connectivity index (χ4n) is 2.92. The number of benzene rings is 2. The third-order valence-corrected chi connectivity index (χ3v) is 4.25. The Balaban J connectivity index is 1.87. The van der Waals surface area contributed by atoms with Crippen molar-refractivity contribution in [3.63, 3.8) is 0 Å². The van der Waals surface area contributed by atoms with E-state index in [4.69, 9.17) is 4.74 Å². The molecule has 0 amide bonds. The molecule has 0 saturated heterocycles. The van der Waals surface area contributed by atoms with Gasteiger partial charge in [0.1, 0.15) is 0 Å². The summed E-state index contributed by atoms with van der Waals surface area (Å²) in [5.41, 5.74) is 4.25. The molecule has 3 nitrogen and oxygen atoms in total. The van der Waals surface area contributed by atoms with E-state index in [9.17, 15) is 4.79 Å². The van der Waals surface area contributed by atoms with Gasteiger partial charge in [-0.05, 0) is 59.7 Å². The van der Waals surface area contributed by atoms with Crippen LogP contribution in [0.15, 0.2) is 54.7 Å². The summed E-state index contributed by atoms with van der Waals surface area (Å²) in [6.07, 6.45) is 2.10. The lowest BCUT2D eigenvalue weighted by molar-refractivity contribution is 0.0526. The molecule has 1 heterocycles. The molecule has 0 spiro atoms. The van der Waals surface area contributed by atoms with Crippen molar-refractivity contribution in [2.24, 2.45) is 0 Å². The number of hydrogen-bond acceptors (Lipinski definition) is 2. The zero-order valence-corrected chi connectivity index (χ0v) is 14.5. The van der Waals surface area contributed by atoms with Crippen LogP contribution in [0.2, 0.25) is 0 Å². The Morgan fingerprint density at radius 1 is 1.12 bits per heavy atom. The SMILES string of the molecule is CCOC(=O)c1cccc(Cn2ccc3cc(C(C)C)ccc32)c1. The summed E-state index contributed by atoms with van der Waals surface area (Å²) in [4.78, 5) is 11.9. The van der Waals surface area contributed by atoms with Crippen molar-refractivity contribution in [2.75, 3.05) is 6.61 Å². The predicted molar refractivity (Wildman–Crippen MR) is 97.5 cm³/mol. The molecule has 2 aromatic carbocycles. The summed E-state index contributed by atoms with van der Waals surface area (Å²) in [5.74, 6) is 0.261. The molecule has 0 aliphatic carbocycles. The molecule has 24 heavy (non-hydrogen) atoms. The van der Waals surface area contributed by atoms with Crippen LogP contribution >= 0.6 is 0 Å². The van der Waals surface area contributed by atoms with Crippen LogP contribution in [0.1, 0.15) is 48.2 Å². The van der Waals surface area contributed by atoms with Crippen LogP contribution in [-0.4, -0.2) is 17.1 Å². The lowest BCUT2D eigenvalue weighted by Crippen LogP contribution is -2.06. The van der Waals surface area contributed by atoms with Gasteiger partial charge in [-0.1, -0.05) is 32.0 Å². The van der Waals surface area contributed by atoms with Gasteiger partial charge < -0.3 is 9.30 Å². The molecule has 3 aromatic rings. The van der Waals surface area contributed by atoms with Gasteiger partial charge in [-0.15, -0.1) is 0 Å². The van der Waals surface area contributed by atoms with Crippen molar-refractivity contribution >= 4 is 16.9 Å². The van der Waals surface area contributed by atoms with Gasteiger partial charge in [0.15, 0.2) is 0 Å². The van der Waals surface area contributed by atoms with Crippen LogP contribution in [0.4, 0.5) is 0 Å². The van der Waals surface area contributed by atoms with E-state index in [1.54, 1.807) is 6.07 Å². The summed E-state index contributed by atoms with van der Waals surface area (Å²) in [6, 6.07) is 16.4. The van der Waals surface area contributed by atoms with E-state index in [1.165, 1.54) is 16.5 Å². The second kappa shape index (κ2) is 6.91. The number of ether oxygens (including phenoxy) is 1. The monoisotopic (exact) mass is 321 g/mol. The van der Waals surface area contributed by atoms with Gasteiger partial charge in [0, 0.05) is 18.3 Å². The Morgan fingerprint density at radius 2 is 1.96 bits per heavy atom.